The highest BCUT2D eigenvalue weighted by molar-refractivity contribution is 5.64. The highest BCUT2D eigenvalue weighted by Gasteiger charge is 2.23. The van der Waals surface area contributed by atoms with E-state index in [1.807, 2.05) is 26.0 Å². The molecular formula is C31H45F3O2. The molecule has 0 saturated carbocycles. The van der Waals surface area contributed by atoms with Crippen LogP contribution in [0.15, 0.2) is 42.5 Å². The Hall–Kier alpha value is -1.85. The zero-order chi connectivity index (χ0) is 26.3. The maximum absolute atomic E-state index is 14.0. The van der Waals surface area contributed by atoms with E-state index in [0.717, 1.165) is 24.5 Å². The van der Waals surface area contributed by atoms with Crippen LogP contribution in [0.3, 0.4) is 0 Å². The van der Waals surface area contributed by atoms with Gasteiger partial charge in [-0.3, -0.25) is 0 Å². The Bertz CT molecular complexity index is 845. The van der Waals surface area contributed by atoms with Gasteiger partial charge >= 0.3 is 0 Å². The largest absolute Gasteiger partial charge is 0.348 e. The van der Waals surface area contributed by atoms with Gasteiger partial charge in [-0.05, 0) is 30.9 Å². The lowest BCUT2D eigenvalue weighted by atomic mass is 10.00. The van der Waals surface area contributed by atoms with Crippen molar-refractivity contribution in [2.45, 2.75) is 97.9 Å². The van der Waals surface area contributed by atoms with E-state index in [1.54, 1.807) is 25.1 Å². The van der Waals surface area contributed by atoms with Crippen molar-refractivity contribution in [3.8, 4) is 11.1 Å². The second-order valence-electron chi connectivity index (χ2n) is 10.1. The molecule has 2 atom stereocenters. The fraction of sp³-hybridized carbons (Fsp3) is 0.613. The second kappa shape index (κ2) is 16.8. The Morgan fingerprint density at radius 1 is 0.833 bits per heavy atom. The molecule has 1 saturated heterocycles. The zero-order valence-electron chi connectivity index (χ0n) is 22.6. The van der Waals surface area contributed by atoms with E-state index in [0.29, 0.717) is 24.7 Å². The molecule has 0 aliphatic carbocycles. The van der Waals surface area contributed by atoms with Gasteiger partial charge in [0.15, 0.2) is 17.9 Å². The molecule has 0 spiro atoms. The minimum Gasteiger partial charge on any atom is -0.348 e. The first-order valence-electron chi connectivity index (χ1n) is 13.8. The third-order valence-corrected chi connectivity index (χ3v) is 7.06. The third-order valence-electron chi connectivity index (χ3n) is 7.06. The molecule has 3 rings (SSSR count). The van der Waals surface area contributed by atoms with E-state index in [2.05, 4.69) is 6.92 Å². The van der Waals surface area contributed by atoms with Crippen LogP contribution < -0.4 is 0 Å². The maximum atomic E-state index is 14.0. The van der Waals surface area contributed by atoms with Crippen LogP contribution in [-0.4, -0.2) is 19.4 Å². The molecule has 202 valence electrons. The molecule has 2 aromatic rings. The molecule has 1 aliphatic rings. The molecule has 36 heavy (non-hydrogen) atoms. The van der Waals surface area contributed by atoms with Gasteiger partial charge in [0.2, 0.25) is 0 Å². The normalized spacial score (nSPS) is 19.3. The van der Waals surface area contributed by atoms with Gasteiger partial charge in [-0.2, -0.15) is 0 Å². The zero-order valence-corrected chi connectivity index (χ0v) is 22.6. The van der Waals surface area contributed by atoms with Crippen molar-refractivity contribution in [1.29, 1.82) is 0 Å². The van der Waals surface area contributed by atoms with Crippen LogP contribution in [0.1, 0.15) is 97.3 Å². The predicted octanol–water partition coefficient (Wildman–Crippen LogP) is 9.82. The van der Waals surface area contributed by atoms with Gasteiger partial charge in [0.1, 0.15) is 0 Å². The summed E-state index contributed by atoms with van der Waals surface area (Å²) in [6.45, 7) is 9.19. The summed E-state index contributed by atoms with van der Waals surface area (Å²) in [4.78, 5) is 0. The van der Waals surface area contributed by atoms with Gasteiger partial charge in [-0.1, -0.05) is 109 Å². The number of hydrogen-bond acceptors (Lipinski definition) is 2. The Morgan fingerprint density at radius 3 is 2.00 bits per heavy atom. The summed E-state index contributed by atoms with van der Waals surface area (Å²) in [7, 11) is 0. The molecule has 0 amide bonds. The first-order chi connectivity index (χ1) is 17.4. The molecule has 2 nitrogen and oxygen atoms in total. The number of hydrogen-bond donors (Lipinski definition) is 0. The first-order valence-corrected chi connectivity index (χ1v) is 13.8. The Labute approximate surface area is 216 Å². The number of rotatable bonds is 12. The highest BCUT2D eigenvalue weighted by Crippen LogP contribution is 2.30. The van der Waals surface area contributed by atoms with Gasteiger partial charge in [0, 0.05) is 17.0 Å². The average molecular weight is 507 g/mol. The van der Waals surface area contributed by atoms with Crippen LogP contribution in [0.4, 0.5) is 13.2 Å². The van der Waals surface area contributed by atoms with Crippen LogP contribution in [0.25, 0.3) is 11.1 Å². The van der Waals surface area contributed by atoms with Crippen molar-refractivity contribution in [2.24, 2.45) is 11.8 Å². The second-order valence-corrected chi connectivity index (χ2v) is 10.1. The fourth-order valence-corrected chi connectivity index (χ4v) is 4.16. The summed E-state index contributed by atoms with van der Waals surface area (Å²) in [5, 5.41) is 0. The summed E-state index contributed by atoms with van der Waals surface area (Å²) < 4.78 is 51.3. The predicted molar refractivity (Wildman–Crippen MR) is 143 cm³/mol. The summed E-state index contributed by atoms with van der Waals surface area (Å²) >= 11 is 0. The Morgan fingerprint density at radius 2 is 1.44 bits per heavy atom. The molecule has 0 bridgehead atoms. The van der Waals surface area contributed by atoms with E-state index in [4.69, 9.17) is 9.47 Å². The van der Waals surface area contributed by atoms with Crippen molar-refractivity contribution >= 4 is 0 Å². The molecule has 0 N–H and O–H groups in total. The lowest BCUT2D eigenvalue weighted by Gasteiger charge is -2.29. The number of halogens is 3. The topological polar surface area (TPSA) is 18.5 Å². The third kappa shape index (κ3) is 10.3. The fourth-order valence-electron chi connectivity index (χ4n) is 4.16. The van der Waals surface area contributed by atoms with E-state index in [1.165, 1.54) is 51.0 Å². The Balaban J connectivity index is 0.000000572. The van der Waals surface area contributed by atoms with Crippen LogP contribution in [0.5, 0.6) is 0 Å². The quantitative estimate of drug-likeness (QED) is 0.267. The van der Waals surface area contributed by atoms with E-state index < -0.39 is 17.8 Å². The highest BCUT2D eigenvalue weighted by atomic mass is 19.2. The van der Waals surface area contributed by atoms with Gasteiger partial charge < -0.3 is 9.47 Å². The summed E-state index contributed by atoms with van der Waals surface area (Å²) in [6, 6.07) is 11.5. The van der Waals surface area contributed by atoms with Crippen LogP contribution in [0.2, 0.25) is 0 Å². The van der Waals surface area contributed by atoms with Crippen LogP contribution in [0, 0.1) is 23.5 Å². The summed E-state index contributed by atoms with van der Waals surface area (Å²) in [5.41, 5.74) is 1.80. The minimum atomic E-state index is -0.836. The number of benzene rings is 2. The van der Waals surface area contributed by atoms with Crippen LogP contribution in [-0.2, 0) is 9.47 Å². The molecule has 2 aromatic carbocycles. The molecule has 1 aliphatic heterocycles. The van der Waals surface area contributed by atoms with Crippen molar-refractivity contribution in [3.05, 3.63) is 59.7 Å². The number of ether oxygens (including phenoxy) is 2. The van der Waals surface area contributed by atoms with E-state index in [-0.39, 0.29) is 17.8 Å². The van der Waals surface area contributed by atoms with Crippen LogP contribution >= 0.6 is 0 Å². The van der Waals surface area contributed by atoms with Crippen molar-refractivity contribution in [1.82, 2.24) is 0 Å². The van der Waals surface area contributed by atoms with Crippen molar-refractivity contribution in [3.63, 3.8) is 0 Å². The monoisotopic (exact) mass is 506 g/mol. The molecule has 2 unspecified atom stereocenters. The van der Waals surface area contributed by atoms with Crippen molar-refractivity contribution < 1.29 is 22.6 Å². The Kier molecular flexibility index (Phi) is 14.2. The maximum Gasteiger partial charge on any atom is 0.183 e. The average Bonchev–Trinajstić information content (AvgIpc) is 2.90. The van der Waals surface area contributed by atoms with Gasteiger partial charge in [-0.15, -0.1) is 0 Å². The number of unbranched alkanes of at least 4 members (excludes halogenated alkanes) is 6. The van der Waals surface area contributed by atoms with E-state index >= 15 is 0 Å². The SMILES string of the molecule is CCC(C)C(C)F.CCCCCCCCCC1COC(c2ccc(-c3cccc(F)c3F)cc2)OC1. The summed E-state index contributed by atoms with van der Waals surface area (Å²) in [6.07, 6.45) is 10.3. The van der Waals surface area contributed by atoms with Gasteiger partial charge in [0.25, 0.3) is 0 Å². The standard InChI is InChI=1S/C25H32F2O2.C6H13F/c1-2-3-4-5-6-7-8-10-19-17-28-25(29-18-19)21-15-13-20(14-16-21)22-11-9-12-23(26)24(22)27;1-4-5(2)6(3)7/h9,11-16,19,25H,2-8,10,17-18H2,1H3;5-6H,4H2,1-3H3. The lowest BCUT2D eigenvalue weighted by Crippen LogP contribution is -2.27. The smallest absolute Gasteiger partial charge is 0.183 e. The number of alkyl halides is 1. The molecule has 0 radical (unpaired) electrons. The molecule has 1 fully saturated rings. The van der Waals surface area contributed by atoms with E-state index in [9.17, 15) is 13.2 Å². The molecule has 5 heteroatoms. The van der Waals surface area contributed by atoms with Gasteiger partial charge in [-0.25, -0.2) is 13.2 Å². The molecule has 1 heterocycles. The van der Waals surface area contributed by atoms with Gasteiger partial charge in [0.05, 0.1) is 19.4 Å². The molecule has 0 aromatic heterocycles. The first kappa shape index (κ1) is 30.4. The molecular weight excluding hydrogens is 461 g/mol. The van der Waals surface area contributed by atoms with Crippen molar-refractivity contribution in [2.75, 3.05) is 13.2 Å². The summed E-state index contributed by atoms with van der Waals surface area (Å²) in [5.74, 6) is -0.960. The minimum absolute atomic E-state index is 0.236. The lowest BCUT2D eigenvalue weighted by molar-refractivity contribution is -0.206.